The molecule has 0 unspecified atom stereocenters. The molecule has 6 nitrogen and oxygen atoms in total. The van der Waals surface area contributed by atoms with Gasteiger partial charge in [0, 0.05) is 10.8 Å². The van der Waals surface area contributed by atoms with Gasteiger partial charge in [-0.1, -0.05) is 116 Å². The van der Waals surface area contributed by atoms with Crippen LogP contribution in [0.1, 0.15) is 45.7 Å². The van der Waals surface area contributed by atoms with E-state index in [1.807, 2.05) is 123 Å². The summed E-state index contributed by atoms with van der Waals surface area (Å²) in [5, 5.41) is 20.7. The highest BCUT2D eigenvalue weighted by Gasteiger charge is 2.39. The number of carbonyl (C=O) groups excluding carboxylic acids is 2. The predicted molar refractivity (Wildman–Crippen MR) is 240 cm³/mol. The van der Waals surface area contributed by atoms with Crippen LogP contribution >= 0.6 is 0 Å². The van der Waals surface area contributed by atoms with Crippen molar-refractivity contribution in [3.05, 3.63) is 216 Å². The van der Waals surface area contributed by atoms with Gasteiger partial charge in [-0.05, 0) is 121 Å². The van der Waals surface area contributed by atoms with Crippen LogP contribution in [-0.2, 0) is 6.42 Å². The molecule has 59 heavy (non-hydrogen) atoms. The van der Waals surface area contributed by atoms with Crippen LogP contribution in [0.4, 0.5) is 5.69 Å². The lowest BCUT2D eigenvalue weighted by molar-refractivity contribution is 0.0926. The van der Waals surface area contributed by atoms with Gasteiger partial charge in [0.1, 0.15) is 0 Å². The third-order valence-electron chi connectivity index (χ3n) is 10.1. The Morgan fingerprint density at radius 2 is 1.31 bits per heavy atom. The summed E-state index contributed by atoms with van der Waals surface area (Å²) in [5.41, 5.74) is 10.9. The number of aromatic nitrogens is 1. The summed E-state index contributed by atoms with van der Waals surface area (Å²) in [4.78, 5) is 29.8. The third kappa shape index (κ3) is 7.98. The summed E-state index contributed by atoms with van der Waals surface area (Å²) >= 11 is 0. The third-order valence-corrected chi connectivity index (χ3v) is 10.1. The van der Waals surface area contributed by atoms with Crippen LogP contribution in [0.2, 0.25) is 0 Å². The number of hydrogen-bond acceptors (Lipinski definition) is 4. The smallest absolute Gasteiger partial charge is 0.268 e. The molecule has 0 spiro atoms. The molecule has 0 bridgehead atoms. The topological polar surface area (TPSA) is 89.9 Å². The quantitative estimate of drug-likeness (QED) is 0.0831. The van der Waals surface area contributed by atoms with E-state index >= 15 is 0 Å². The molecule has 0 atom stereocenters. The molecule has 0 aliphatic carbocycles. The van der Waals surface area contributed by atoms with E-state index in [4.69, 9.17) is 0 Å². The predicted octanol–water partition coefficient (Wildman–Crippen LogP) is 12.7. The molecule has 6 heteroatoms. The monoisotopic (exact) mass is 764 g/mol. The molecular weight excluding hydrogens is 725 g/mol. The molecule has 8 rings (SSSR count). The number of rotatable bonds is 9. The molecule has 1 aromatic heterocycles. The van der Waals surface area contributed by atoms with Crippen molar-refractivity contribution >= 4 is 39.3 Å². The van der Waals surface area contributed by atoms with Crippen molar-refractivity contribution in [2.45, 2.75) is 20.3 Å². The second-order valence-corrected chi connectivity index (χ2v) is 14.2. The number of benzene rings is 6. The Morgan fingerprint density at radius 1 is 0.661 bits per heavy atom. The summed E-state index contributed by atoms with van der Waals surface area (Å²) < 4.78 is 2.07. The fourth-order valence-corrected chi connectivity index (χ4v) is 7.33. The van der Waals surface area contributed by atoms with Crippen molar-refractivity contribution < 1.29 is 9.59 Å². The molecule has 2 amide bonds. The molecule has 0 N–H and O–H groups in total. The molecule has 1 aliphatic heterocycles. The molecule has 0 radical (unpaired) electrons. The van der Waals surface area contributed by atoms with E-state index in [1.54, 1.807) is 48.6 Å². The Hall–Kier alpha value is -8.06. The van der Waals surface area contributed by atoms with Gasteiger partial charge >= 0.3 is 0 Å². The average molecular weight is 765 g/mol. The number of allylic oxidation sites excluding steroid dienone is 8. The highest BCUT2D eigenvalue weighted by Crippen LogP contribution is 2.40. The lowest BCUT2D eigenvalue weighted by Gasteiger charge is -2.16. The van der Waals surface area contributed by atoms with E-state index in [2.05, 4.69) is 42.0 Å². The standard InChI is InChI=1S/C47H30N4O2.C6H10/c1-2-9-32(29-48)11-6-10-31-20-24-42-40(26-31)41-28-37(35-21-18-33(30-49)19-22-35)23-25-43(41)51(42)44-17-8-16-39-45(44)47(53)50(46(39)52)38-15-7-14-36(27-38)34-12-4-3-5-13-34;1-4-5-6(2)3/h2-9,11-28H,1,10H2;4-5H,1H2,2-3H3/b11-6-,32-9+;. The number of anilines is 1. The largest absolute Gasteiger partial charge is 0.308 e. The minimum Gasteiger partial charge on any atom is -0.308 e. The van der Waals surface area contributed by atoms with Crippen LogP contribution in [-0.4, -0.2) is 16.4 Å². The molecule has 284 valence electrons. The van der Waals surface area contributed by atoms with Gasteiger partial charge in [0.15, 0.2) is 0 Å². The Morgan fingerprint density at radius 3 is 1.98 bits per heavy atom. The Bertz CT molecular complexity index is 2960. The van der Waals surface area contributed by atoms with Crippen molar-refractivity contribution in [2.24, 2.45) is 0 Å². The fraction of sp³-hybridized carbons (Fsp3) is 0.0566. The first-order valence-corrected chi connectivity index (χ1v) is 19.2. The minimum atomic E-state index is -0.377. The van der Waals surface area contributed by atoms with Gasteiger partial charge < -0.3 is 4.57 Å². The zero-order valence-electron chi connectivity index (χ0n) is 32.9. The van der Waals surface area contributed by atoms with Gasteiger partial charge in [-0.25, -0.2) is 4.90 Å². The van der Waals surface area contributed by atoms with Gasteiger partial charge in [-0.15, -0.1) is 0 Å². The lowest BCUT2D eigenvalue weighted by Crippen LogP contribution is -2.29. The van der Waals surface area contributed by atoms with Crippen LogP contribution in [0.15, 0.2) is 194 Å². The highest BCUT2D eigenvalue weighted by molar-refractivity contribution is 6.36. The zero-order chi connectivity index (χ0) is 41.5. The van der Waals surface area contributed by atoms with Crippen molar-refractivity contribution in [3.63, 3.8) is 0 Å². The van der Waals surface area contributed by atoms with Crippen molar-refractivity contribution in [1.29, 1.82) is 10.5 Å². The van der Waals surface area contributed by atoms with E-state index in [9.17, 15) is 20.1 Å². The summed E-state index contributed by atoms with van der Waals surface area (Å²) in [7, 11) is 0. The highest BCUT2D eigenvalue weighted by atomic mass is 16.2. The van der Waals surface area contributed by atoms with Gasteiger partial charge in [0.05, 0.1) is 56.8 Å². The van der Waals surface area contributed by atoms with Gasteiger partial charge in [0.25, 0.3) is 11.8 Å². The van der Waals surface area contributed by atoms with Crippen LogP contribution < -0.4 is 4.90 Å². The lowest BCUT2D eigenvalue weighted by atomic mass is 10.0. The first-order valence-electron chi connectivity index (χ1n) is 19.2. The van der Waals surface area contributed by atoms with Gasteiger partial charge in [0.2, 0.25) is 0 Å². The first kappa shape index (κ1) is 39.2. The van der Waals surface area contributed by atoms with E-state index in [-0.39, 0.29) is 11.8 Å². The Kier molecular flexibility index (Phi) is 11.5. The summed E-state index contributed by atoms with van der Waals surface area (Å²) in [6, 6.07) is 47.1. The number of imide groups is 1. The Balaban J connectivity index is 0.000000820. The molecule has 0 fully saturated rings. The van der Waals surface area contributed by atoms with Crippen LogP contribution in [0.25, 0.3) is 49.7 Å². The average Bonchev–Trinajstić information content (AvgIpc) is 3.73. The van der Waals surface area contributed by atoms with E-state index in [0.29, 0.717) is 40.1 Å². The van der Waals surface area contributed by atoms with Crippen molar-refractivity contribution in [3.8, 4) is 40.1 Å². The summed E-state index contributed by atoms with van der Waals surface area (Å²) in [5.74, 6) is -0.741. The van der Waals surface area contributed by atoms with Crippen LogP contribution in [0.5, 0.6) is 0 Å². The zero-order valence-corrected chi connectivity index (χ0v) is 32.9. The fourth-order valence-electron chi connectivity index (χ4n) is 7.33. The van der Waals surface area contributed by atoms with E-state index in [1.165, 1.54) is 10.5 Å². The number of hydrogen-bond donors (Lipinski definition) is 0. The maximum atomic E-state index is 14.5. The maximum Gasteiger partial charge on any atom is 0.268 e. The Labute approximate surface area is 344 Å². The number of nitriles is 2. The normalized spacial score (nSPS) is 12.1. The van der Waals surface area contributed by atoms with Gasteiger partial charge in [-0.2, -0.15) is 10.5 Å². The number of fused-ring (bicyclic) bond motifs is 4. The SMILES string of the molecule is C=C/C=C(C#N)\C=C/Cc1ccc2c(c1)c1cc(-c3ccc(C#N)cc3)ccc1n2-c1cccc2c1C(=O)N(c1cccc(-c3ccccc3)c1)C2=O.C=CC=C(C)C. The van der Waals surface area contributed by atoms with Crippen molar-refractivity contribution in [2.75, 3.05) is 4.90 Å². The first-order chi connectivity index (χ1) is 28.8. The summed E-state index contributed by atoms with van der Waals surface area (Å²) in [6.45, 7) is 11.3. The summed E-state index contributed by atoms with van der Waals surface area (Å²) in [6.07, 6.45) is 11.4. The molecular formula is C53H40N4O2. The molecule has 6 aromatic carbocycles. The molecule has 7 aromatic rings. The number of carbonyl (C=O) groups is 2. The molecule has 1 aliphatic rings. The second kappa shape index (κ2) is 17.4. The number of nitrogens with zero attached hydrogens (tertiary/aromatic N) is 4. The molecule has 2 heterocycles. The van der Waals surface area contributed by atoms with E-state index in [0.717, 1.165) is 49.6 Å². The van der Waals surface area contributed by atoms with Crippen LogP contribution in [0, 0.1) is 22.7 Å². The van der Waals surface area contributed by atoms with Crippen molar-refractivity contribution in [1.82, 2.24) is 4.57 Å². The maximum absolute atomic E-state index is 14.5. The molecule has 0 saturated heterocycles. The van der Waals surface area contributed by atoms with Crippen LogP contribution in [0.3, 0.4) is 0 Å². The van der Waals surface area contributed by atoms with E-state index < -0.39 is 0 Å². The van der Waals surface area contributed by atoms with Gasteiger partial charge in [-0.3, -0.25) is 9.59 Å². The number of amides is 2. The minimum absolute atomic E-state index is 0.350. The molecule has 0 saturated carbocycles. The second-order valence-electron chi connectivity index (χ2n) is 14.2.